The summed E-state index contributed by atoms with van der Waals surface area (Å²) in [4.78, 5) is 10.9. The largest absolute Gasteiger partial charge is 0.494 e. The highest BCUT2D eigenvalue weighted by molar-refractivity contribution is 7.89. The summed E-state index contributed by atoms with van der Waals surface area (Å²) in [7, 11) is -3.52. The van der Waals surface area contributed by atoms with Crippen LogP contribution in [0.5, 0.6) is 5.75 Å². The first-order valence-electron chi connectivity index (χ1n) is 10.4. The van der Waals surface area contributed by atoms with Gasteiger partial charge in [0.25, 0.3) is 0 Å². The molecule has 0 aromatic heterocycles. The van der Waals surface area contributed by atoms with Gasteiger partial charge >= 0.3 is 5.97 Å². The zero-order valence-electron chi connectivity index (χ0n) is 17.5. The van der Waals surface area contributed by atoms with Gasteiger partial charge in [0.1, 0.15) is 5.75 Å². The molecule has 164 valence electrons. The maximum atomic E-state index is 12.4. The molecule has 0 amide bonds. The summed E-state index contributed by atoms with van der Waals surface area (Å²) >= 11 is 0. The summed E-state index contributed by atoms with van der Waals surface area (Å²) in [6, 6.07) is 14.4. The number of ether oxygens (including phenoxy) is 1. The van der Waals surface area contributed by atoms with Gasteiger partial charge in [0.2, 0.25) is 10.0 Å². The van der Waals surface area contributed by atoms with E-state index in [-0.39, 0.29) is 17.9 Å². The Labute approximate surface area is 179 Å². The summed E-state index contributed by atoms with van der Waals surface area (Å²) < 4.78 is 33.0. The zero-order valence-corrected chi connectivity index (χ0v) is 18.3. The van der Waals surface area contributed by atoms with E-state index in [1.54, 1.807) is 24.3 Å². The number of carboxylic acids is 1. The van der Waals surface area contributed by atoms with Gasteiger partial charge in [-0.3, -0.25) is 4.79 Å². The predicted octanol–water partition coefficient (Wildman–Crippen LogP) is 4.18. The van der Waals surface area contributed by atoms with Gasteiger partial charge in [0.15, 0.2) is 0 Å². The monoisotopic (exact) mass is 433 g/mol. The Bertz CT molecular complexity index is 877. The molecule has 0 unspecified atom stereocenters. The van der Waals surface area contributed by atoms with Crippen LogP contribution in [-0.2, 0) is 27.7 Å². The maximum absolute atomic E-state index is 12.4. The maximum Gasteiger partial charge on any atom is 0.303 e. The van der Waals surface area contributed by atoms with Gasteiger partial charge in [-0.05, 0) is 61.1 Å². The Hall–Kier alpha value is -2.38. The molecule has 0 saturated heterocycles. The Morgan fingerprint density at radius 2 is 1.57 bits per heavy atom. The highest BCUT2D eigenvalue weighted by Gasteiger charge is 2.13. The van der Waals surface area contributed by atoms with Crippen LogP contribution in [0.4, 0.5) is 0 Å². The fourth-order valence-electron chi connectivity index (χ4n) is 2.97. The summed E-state index contributed by atoms with van der Waals surface area (Å²) in [6.07, 6.45) is 5.55. The van der Waals surface area contributed by atoms with Crippen LogP contribution in [0.2, 0.25) is 0 Å². The van der Waals surface area contributed by atoms with Crippen molar-refractivity contribution in [2.75, 3.05) is 13.2 Å². The second-order valence-electron chi connectivity index (χ2n) is 7.24. The van der Waals surface area contributed by atoms with Crippen LogP contribution < -0.4 is 9.46 Å². The van der Waals surface area contributed by atoms with Crippen LogP contribution in [0.3, 0.4) is 0 Å². The minimum atomic E-state index is -3.52. The molecular formula is C23H31NO5S. The van der Waals surface area contributed by atoms with E-state index in [1.165, 1.54) is 6.42 Å². The summed E-state index contributed by atoms with van der Waals surface area (Å²) in [6.45, 7) is 2.83. The van der Waals surface area contributed by atoms with Crippen molar-refractivity contribution in [1.82, 2.24) is 4.72 Å². The molecule has 2 aromatic rings. The molecule has 0 radical (unpaired) electrons. The van der Waals surface area contributed by atoms with Gasteiger partial charge in [-0.25, -0.2) is 13.1 Å². The normalized spacial score (nSPS) is 11.4. The molecule has 0 saturated carbocycles. The molecule has 7 heteroatoms. The molecule has 0 aliphatic carbocycles. The molecule has 30 heavy (non-hydrogen) atoms. The number of carbonyl (C=O) groups is 1. The smallest absolute Gasteiger partial charge is 0.303 e. The standard InChI is InChI=1S/C23H31NO5S/c1-2-3-4-6-19-9-14-22(15-10-19)30(27,28)24-17-5-18-29-21-12-7-20(8-13-21)11-16-23(25)26/h7-10,12-15,24H,2-6,11,16-18H2,1H3,(H,25,26). The molecule has 2 N–H and O–H groups in total. The zero-order chi connectivity index (χ0) is 21.8. The molecular weight excluding hydrogens is 402 g/mol. The van der Waals surface area contributed by atoms with E-state index < -0.39 is 16.0 Å². The van der Waals surface area contributed by atoms with E-state index in [0.717, 1.165) is 30.4 Å². The molecule has 6 nitrogen and oxygen atoms in total. The average molecular weight is 434 g/mol. The third kappa shape index (κ3) is 8.55. The van der Waals surface area contributed by atoms with Crippen molar-refractivity contribution >= 4 is 16.0 Å². The molecule has 2 rings (SSSR count). The van der Waals surface area contributed by atoms with Crippen LogP contribution in [0.15, 0.2) is 53.4 Å². The number of carboxylic acid groups (broad SMARTS) is 1. The highest BCUT2D eigenvalue weighted by Crippen LogP contribution is 2.15. The number of hydrogen-bond donors (Lipinski definition) is 2. The molecule has 0 bridgehead atoms. The summed E-state index contributed by atoms with van der Waals surface area (Å²) in [5, 5.41) is 8.70. The van der Waals surface area contributed by atoms with Crippen LogP contribution >= 0.6 is 0 Å². The molecule has 0 aliphatic heterocycles. The lowest BCUT2D eigenvalue weighted by atomic mass is 10.1. The fraction of sp³-hybridized carbons (Fsp3) is 0.435. The minimum absolute atomic E-state index is 0.0991. The third-order valence-electron chi connectivity index (χ3n) is 4.74. The first-order chi connectivity index (χ1) is 14.4. The minimum Gasteiger partial charge on any atom is -0.494 e. The van der Waals surface area contributed by atoms with Crippen molar-refractivity contribution in [3.05, 3.63) is 59.7 Å². The van der Waals surface area contributed by atoms with E-state index >= 15 is 0 Å². The van der Waals surface area contributed by atoms with Gasteiger partial charge in [-0.1, -0.05) is 44.0 Å². The number of aliphatic carboxylic acids is 1. The van der Waals surface area contributed by atoms with Gasteiger partial charge in [0.05, 0.1) is 11.5 Å². The number of aryl methyl sites for hydroxylation is 2. The number of nitrogens with one attached hydrogen (secondary N) is 1. The molecule has 0 atom stereocenters. The third-order valence-corrected chi connectivity index (χ3v) is 6.21. The fourth-order valence-corrected chi connectivity index (χ4v) is 4.04. The predicted molar refractivity (Wildman–Crippen MR) is 117 cm³/mol. The Morgan fingerprint density at radius 3 is 2.20 bits per heavy atom. The van der Waals surface area contributed by atoms with E-state index in [4.69, 9.17) is 9.84 Å². The summed E-state index contributed by atoms with van der Waals surface area (Å²) in [5.74, 6) is -0.142. The van der Waals surface area contributed by atoms with Gasteiger partial charge < -0.3 is 9.84 Å². The molecule has 0 heterocycles. The van der Waals surface area contributed by atoms with E-state index in [0.29, 0.717) is 25.2 Å². The van der Waals surface area contributed by atoms with Crippen molar-refractivity contribution in [3.8, 4) is 5.75 Å². The highest BCUT2D eigenvalue weighted by atomic mass is 32.2. The van der Waals surface area contributed by atoms with Crippen molar-refractivity contribution < 1.29 is 23.1 Å². The summed E-state index contributed by atoms with van der Waals surface area (Å²) in [5.41, 5.74) is 2.10. The molecule has 0 fully saturated rings. The van der Waals surface area contributed by atoms with Crippen LogP contribution in [0.1, 0.15) is 50.2 Å². The molecule has 0 aliphatic rings. The second kappa shape index (κ2) is 12.3. The van der Waals surface area contributed by atoms with Gasteiger partial charge in [0, 0.05) is 13.0 Å². The van der Waals surface area contributed by atoms with Crippen LogP contribution in [0, 0.1) is 0 Å². The first kappa shape index (κ1) is 23.9. The van der Waals surface area contributed by atoms with Gasteiger partial charge in [-0.15, -0.1) is 0 Å². The Balaban J connectivity index is 1.70. The number of sulfonamides is 1. The van der Waals surface area contributed by atoms with E-state index in [9.17, 15) is 13.2 Å². The lowest BCUT2D eigenvalue weighted by molar-refractivity contribution is -0.136. The Morgan fingerprint density at radius 1 is 0.933 bits per heavy atom. The van der Waals surface area contributed by atoms with Crippen molar-refractivity contribution in [1.29, 1.82) is 0 Å². The van der Waals surface area contributed by atoms with Crippen LogP contribution in [0.25, 0.3) is 0 Å². The topological polar surface area (TPSA) is 92.7 Å². The number of rotatable bonds is 14. The second-order valence-corrected chi connectivity index (χ2v) is 9.01. The first-order valence-corrected chi connectivity index (χ1v) is 11.9. The number of hydrogen-bond acceptors (Lipinski definition) is 4. The van der Waals surface area contributed by atoms with Gasteiger partial charge in [-0.2, -0.15) is 0 Å². The van der Waals surface area contributed by atoms with E-state index in [1.807, 2.05) is 24.3 Å². The SMILES string of the molecule is CCCCCc1ccc(S(=O)(=O)NCCCOc2ccc(CCC(=O)O)cc2)cc1. The van der Waals surface area contributed by atoms with Crippen molar-refractivity contribution in [3.63, 3.8) is 0 Å². The quantitative estimate of drug-likeness (QED) is 0.436. The lowest BCUT2D eigenvalue weighted by Gasteiger charge is -2.09. The van der Waals surface area contributed by atoms with Crippen LogP contribution in [-0.4, -0.2) is 32.6 Å². The molecule has 0 spiro atoms. The lowest BCUT2D eigenvalue weighted by Crippen LogP contribution is -2.25. The number of unbranched alkanes of at least 4 members (excludes halogenated alkanes) is 2. The van der Waals surface area contributed by atoms with Crippen molar-refractivity contribution in [2.45, 2.75) is 56.8 Å². The molecule has 2 aromatic carbocycles. The van der Waals surface area contributed by atoms with E-state index in [2.05, 4.69) is 11.6 Å². The number of benzene rings is 2. The Kier molecular flexibility index (Phi) is 9.83. The van der Waals surface area contributed by atoms with Crippen molar-refractivity contribution in [2.24, 2.45) is 0 Å². The average Bonchev–Trinajstić information content (AvgIpc) is 2.73.